The molecule has 0 radical (unpaired) electrons. The first-order valence-electron chi connectivity index (χ1n) is 6.27. The largest absolute Gasteiger partial charge is 0.416 e. The number of hydrogen-bond acceptors (Lipinski definition) is 1. The number of hydrogen-bond donors (Lipinski definition) is 1. The van der Waals surface area contributed by atoms with Crippen LogP contribution in [0.4, 0.5) is 13.2 Å². The minimum atomic E-state index is -4.45. The molecule has 4 heteroatoms. The predicted octanol–water partition coefficient (Wildman–Crippen LogP) is 3.96. The first-order chi connectivity index (χ1) is 9.79. The number of rotatable bonds is 1. The van der Waals surface area contributed by atoms with E-state index in [9.17, 15) is 18.3 Å². The Bertz CT molecular complexity index is 676. The van der Waals surface area contributed by atoms with Gasteiger partial charge in [-0.25, -0.2) is 0 Å². The van der Waals surface area contributed by atoms with Crippen LogP contribution in [-0.4, -0.2) is 5.11 Å². The van der Waals surface area contributed by atoms with Crippen LogP contribution in [-0.2, 0) is 11.8 Å². The highest BCUT2D eigenvalue weighted by atomic mass is 19.4. The van der Waals surface area contributed by atoms with Gasteiger partial charge in [-0.05, 0) is 36.8 Å². The van der Waals surface area contributed by atoms with Crippen LogP contribution in [0.15, 0.2) is 54.6 Å². The molecule has 0 unspecified atom stereocenters. The lowest BCUT2D eigenvalue weighted by Crippen LogP contribution is -2.19. The van der Waals surface area contributed by atoms with Crippen LogP contribution in [0.25, 0.3) is 0 Å². The molecular weight excluding hydrogens is 277 g/mol. The normalized spacial score (nSPS) is 14.0. The molecule has 0 heterocycles. The fourth-order valence-corrected chi connectivity index (χ4v) is 1.79. The summed E-state index contributed by atoms with van der Waals surface area (Å²) in [4.78, 5) is 0. The highest BCUT2D eigenvalue weighted by Crippen LogP contribution is 2.31. The minimum Gasteiger partial charge on any atom is -0.374 e. The van der Waals surface area contributed by atoms with E-state index < -0.39 is 17.3 Å². The van der Waals surface area contributed by atoms with Crippen molar-refractivity contribution in [3.05, 3.63) is 71.3 Å². The van der Waals surface area contributed by atoms with E-state index in [-0.39, 0.29) is 5.56 Å². The molecule has 2 aromatic carbocycles. The van der Waals surface area contributed by atoms with Gasteiger partial charge in [0.05, 0.1) is 5.56 Å². The molecular formula is C17H13F3O. The monoisotopic (exact) mass is 290 g/mol. The molecule has 0 fully saturated rings. The summed E-state index contributed by atoms with van der Waals surface area (Å²) < 4.78 is 38.1. The lowest BCUT2D eigenvalue weighted by Gasteiger charge is -2.18. The van der Waals surface area contributed by atoms with Gasteiger partial charge in [-0.3, -0.25) is 0 Å². The van der Waals surface area contributed by atoms with Gasteiger partial charge in [0.15, 0.2) is 0 Å². The molecule has 21 heavy (non-hydrogen) atoms. The van der Waals surface area contributed by atoms with Gasteiger partial charge in [-0.1, -0.05) is 42.2 Å². The van der Waals surface area contributed by atoms with Gasteiger partial charge in [0, 0.05) is 5.56 Å². The molecule has 1 atom stereocenters. The lowest BCUT2D eigenvalue weighted by atomic mass is 9.94. The Balaban J connectivity index is 2.34. The van der Waals surface area contributed by atoms with E-state index in [2.05, 4.69) is 11.8 Å². The molecule has 0 aromatic heterocycles. The van der Waals surface area contributed by atoms with E-state index in [4.69, 9.17) is 0 Å². The highest BCUT2D eigenvalue weighted by molar-refractivity contribution is 5.40. The van der Waals surface area contributed by atoms with Crippen LogP contribution in [0.1, 0.15) is 23.6 Å². The molecule has 0 amide bonds. The molecule has 2 rings (SSSR count). The van der Waals surface area contributed by atoms with Crippen LogP contribution in [0, 0.1) is 11.8 Å². The second-order valence-corrected chi connectivity index (χ2v) is 4.77. The summed E-state index contributed by atoms with van der Waals surface area (Å²) in [5, 5.41) is 10.3. The van der Waals surface area contributed by atoms with Crippen LogP contribution in [0.2, 0.25) is 0 Å². The zero-order valence-corrected chi connectivity index (χ0v) is 11.3. The molecule has 0 aliphatic heterocycles. The number of aliphatic hydroxyl groups is 1. The molecule has 0 saturated heterocycles. The van der Waals surface area contributed by atoms with Gasteiger partial charge < -0.3 is 5.11 Å². The number of benzene rings is 2. The van der Waals surface area contributed by atoms with Gasteiger partial charge in [0.1, 0.15) is 5.60 Å². The molecule has 0 aliphatic carbocycles. The first-order valence-corrected chi connectivity index (χ1v) is 6.27. The van der Waals surface area contributed by atoms with E-state index in [0.717, 1.165) is 12.1 Å². The van der Waals surface area contributed by atoms with E-state index in [1.54, 1.807) is 24.3 Å². The van der Waals surface area contributed by atoms with Crippen molar-refractivity contribution < 1.29 is 18.3 Å². The Kier molecular flexibility index (Phi) is 4.06. The van der Waals surface area contributed by atoms with Gasteiger partial charge in [0.2, 0.25) is 0 Å². The number of halogens is 3. The van der Waals surface area contributed by atoms with Crippen molar-refractivity contribution >= 4 is 0 Å². The topological polar surface area (TPSA) is 20.2 Å². The number of alkyl halides is 3. The van der Waals surface area contributed by atoms with E-state index >= 15 is 0 Å². The fourth-order valence-electron chi connectivity index (χ4n) is 1.79. The summed E-state index contributed by atoms with van der Waals surface area (Å²) in [6.45, 7) is 1.37. The Morgan fingerprint density at radius 2 is 1.52 bits per heavy atom. The van der Waals surface area contributed by atoms with E-state index in [1.165, 1.54) is 19.1 Å². The van der Waals surface area contributed by atoms with Gasteiger partial charge in [0.25, 0.3) is 0 Å². The zero-order chi connectivity index (χ0) is 15.5. The van der Waals surface area contributed by atoms with Crippen molar-refractivity contribution in [3.8, 4) is 11.8 Å². The Labute approximate surface area is 121 Å². The zero-order valence-electron chi connectivity index (χ0n) is 11.3. The summed E-state index contributed by atoms with van der Waals surface area (Å²) in [6.07, 6.45) is -4.45. The molecule has 0 saturated carbocycles. The van der Waals surface area contributed by atoms with Crippen molar-refractivity contribution in [2.24, 2.45) is 0 Å². The quantitative estimate of drug-likeness (QED) is 0.788. The van der Waals surface area contributed by atoms with Crippen LogP contribution < -0.4 is 0 Å². The second kappa shape index (κ2) is 5.63. The third kappa shape index (κ3) is 3.87. The summed E-state index contributed by atoms with van der Waals surface area (Å²) in [7, 11) is 0. The van der Waals surface area contributed by atoms with E-state index in [0.29, 0.717) is 5.56 Å². The molecule has 0 bridgehead atoms. The van der Waals surface area contributed by atoms with Crippen molar-refractivity contribution in [1.82, 2.24) is 0 Å². The first kappa shape index (κ1) is 15.1. The van der Waals surface area contributed by atoms with Crippen LogP contribution >= 0.6 is 0 Å². The Hall–Kier alpha value is -2.25. The summed E-state index contributed by atoms with van der Waals surface area (Å²) >= 11 is 0. The predicted molar refractivity (Wildman–Crippen MR) is 74.3 cm³/mol. The van der Waals surface area contributed by atoms with Gasteiger partial charge in [-0.15, -0.1) is 0 Å². The molecule has 0 aliphatic rings. The second-order valence-electron chi connectivity index (χ2n) is 4.77. The average Bonchev–Trinajstić information content (AvgIpc) is 2.46. The average molecular weight is 290 g/mol. The fraction of sp³-hybridized carbons (Fsp3) is 0.176. The third-order valence-corrected chi connectivity index (χ3v) is 2.98. The summed E-state index contributed by atoms with van der Waals surface area (Å²) in [6, 6.07) is 13.5. The van der Waals surface area contributed by atoms with Crippen molar-refractivity contribution in [2.45, 2.75) is 18.7 Å². The maximum atomic E-state index is 12.7. The molecule has 2 aromatic rings. The van der Waals surface area contributed by atoms with Crippen molar-refractivity contribution in [1.29, 1.82) is 0 Å². The highest BCUT2D eigenvalue weighted by Gasteiger charge is 2.32. The van der Waals surface area contributed by atoms with E-state index in [1.807, 2.05) is 6.07 Å². The maximum absolute atomic E-state index is 12.7. The molecule has 108 valence electrons. The third-order valence-electron chi connectivity index (χ3n) is 2.98. The minimum absolute atomic E-state index is 0.112. The van der Waals surface area contributed by atoms with Crippen molar-refractivity contribution in [2.75, 3.05) is 0 Å². The molecule has 1 nitrogen and oxygen atoms in total. The maximum Gasteiger partial charge on any atom is 0.416 e. The lowest BCUT2D eigenvalue weighted by molar-refractivity contribution is -0.137. The summed E-state index contributed by atoms with van der Waals surface area (Å²) in [5.74, 6) is 5.37. The standard InChI is InChI=1S/C17H13F3O/c1-16(21,11-10-13-6-3-2-4-7-13)14-8-5-9-15(12-14)17(18,19)20/h2-9,12,21H,1H3/t16-/m1/s1. The molecule has 0 spiro atoms. The van der Waals surface area contributed by atoms with Crippen molar-refractivity contribution in [3.63, 3.8) is 0 Å². The van der Waals surface area contributed by atoms with Gasteiger partial charge >= 0.3 is 6.18 Å². The Morgan fingerprint density at radius 3 is 2.14 bits per heavy atom. The van der Waals surface area contributed by atoms with Crippen LogP contribution in [0.3, 0.4) is 0 Å². The Morgan fingerprint density at radius 1 is 0.905 bits per heavy atom. The van der Waals surface area contributed by atoms with Gasteiger partial charge in [-0.2, -0.15) is 13.2 Å². The SMILES string of the molecule is C[C@@](O)(C#Cc1ccccc1)c1cccc(C(F)(F)F)c1. The smallest absolute Gasteiger partial charge is 0.374 e. The molecule has 1 N–H and O–H groups in total. The summed E-state index contributed by atoms with van der Waals surface area (Å²) in [5.41, 5.74) is -1.66. The van der Waals surface area contributed by atoms with Crippen LogP contribution in [0.5, 0.6) is 0 Å².